The predicted molar refractivity (Wildman–Crippen MR) is 109 cm³/mol. The van der Waals surface area contributed by atoms with Gasteiger partial charge >= 0.3 is 0 Å². The average molecular weight is 451 g/mol. The van der Waals surface area contributed by atoms with Crippen LogP contribution in [0.1, 0.15) is 32.4 Å². The van der Waals surface area contributed by atoms with Crippen molar-refractivity contribution in [1.29, 1.82) is 0 Å². The summed E-state index contributed by atoms with van der Waals surface area (Å²) in [5.41, 5.74) is 1.10. The van der Waals surface area contributed by atoms with Crippen LogP contribution in [-0.2, 0) is 4.74 Å². The first kappa shape index (κ1) is 22.8. The summed E-state index contributed by atoms with van der Waals surface area (Å²) in [6, 6.07) is 6.07. The Morgan fingerprint density at radius 2 is 1.83 bits per heavy atom. The third-order valence-corrected chi connectivity index (χ3v) is 3.24. The molecule has 0 bridgehead atoms. The fraction of sp³-hybridized carbons (Fsp3) is 0.588. The molecule has 1 aromatic rings. The molecule has 0 saturated heterocycles. The van der Waals surface area contributed by atoms with Gasteiger partial charge in [-0.25, -0.2) is 0 Å². The molecule has 0 heterocycles. The number of ether oxygens (including phenoxy) is 3. The molecule has 7 heteroatoms. The zero-order valence-electron chi connectivity index (χ0n) is 15.2. The molecule has 1 rings (SSSR count). The van der Waals surface area contributed by atoms with Gasteiger partial charge in [-0.15, -0.1) is 24.0 Å². The molecule has 0 fully saturated rings. The van der Waals surface area contributed by atoms with Crippen molar-refractivity contribution in [3.05, 3.63) is 23.8 Å². The van der Waals surface area contributed by atoms with Crippen LogP contribution in [0.4, 0.5) is 0 Å². The number of benzene rings is 1. The van der Waals surface area contributed by atoms with Crippen molar-refractivity contribution in [2.45, 2.75) is 26.8 Å². The lowest BCUT2D eigenvalue weighted by molar-refractivity contribution is 0.203. The monoisotopic (exact) mass is 451 g/mol. The second kappa shape index (κ2) is 13.1. The molecule has 24 heavy (non-hydrogen) atoms. The summed E-state index contributed by atoms with van der Waals surface area (Å²) in [5.74, 6) is 2.28. The maximum atomic E-state index is 5.68. The van der Waals surface area contributed by atoms with Gasteiger partial charge in [0, 0.05) is 20.7 Å². The molecule has 138 valence electrons. The minimum atomic E-state index is 0. The van der Waals surface area contributed by atoms with E-state index in [9.17, 15) is 0 Å². The number of hydrogen-bond donors (Lipinski definition) is 2. The van der Waals surface area contributed by atoms with Gasteiger partial charge in [-0.1, -0.05) is 6.07 Å². The largest absolute Gasteiger partial charge is 0.490 e. The molecule has 1 aromatic carbocycles. The second-order valence-electron chi connectivity index (χ2n) is 4.93. The van der Waals surface area contributed by atoms with Crippen LogP contribution in [-0.4, -0.2) is 46.5 Å². The van der Waals surface area contributed by atoms with Crippen LogP contribution in [0.25, 0.3) is 0 Å². The third-order valence-electron chi connectivity index (χ3n) is 3.24. The molecule has 1 atom stereocenters. The highest BCUT2D eigenvalue weighted by atomic mass is 127. The lowest BCUT2D eigenvalue weighted by Gasteiger charge is -2.20. The van der Waals surface area contributed by atoms with E-state index in [-0.39, 0.29) is 30.0 Å². The van der Waals surface area contributed by atoms with Crippen LogP contribution in [0.5, 0.6) is 11.5 Å². The summed E-state index contributed by atoms with van der Waals surface area (Å²) in [4.78, 5) is 4.21. The Morgan fingerprint density at radius 1 is 1.17 bits per heavy atom. The van der Waals surface area contributed by atoms with Gasteiger partial charge in [-0.3, -0.25) is 4.99 Å². The highest BCUT2D eigenvalue weighted by Crippen LogP contribution is 2.30. The van der Waals surface area contributed by atoms with Crippen LogP contribution in [0.2, 0.25) is 0 Å². The van der Waals surface area contributed by atoms with E-state index < -0.39 is 0 Å². The topological polar surface area (TPSA) is 64.1 Å². The van der Waals surface area contributed by atoms with E-state index in [1.807, 2.05) is 32.0 Å². The van der Waals surface area contributed by atoms with Crippen molar-refractivity contribution in [3.8, 4) is 11.5 Å². The number of halogens is 1. The van der Waals surface area contributed by atoms with E-state index in [2.05, 4.69) is 22.5 Å². The highest BCUT2D eigenvalue weighted by Gasteiger charge is 2.12. The van der Waals surface area contributed by atoms with Crippen LogP contribution in [0.15, 0.2) is 23.2 Å². The highest BCUT2D eigenvalue weighted by molar-refractivity contribution is 14.0. The summed E-state index contributed by atoms with van der Waals surface area (Å²) in [6.07, 6.45) is 0. The fourth-order valence-electron chi connectivity index (χ4n) is 2.09. The van der Waals surface area contributed by atoms with Gasteiger partial charge in [0.2, 0.25) is 0 Å². The molecule has 0 spiro atoms. The van der Waals surface area contributed by atoms with Crippen molar-refractivity contribution in [1.82, 2.24) is 10.6 Å². The smallest absolute Gasteiger partial charge is 0.191 e. The van der Waals surface area contributed by atoms with Crippen molar-refractivity contribution in [3.63, 3.8) is 0 Å². The summed E-state index contributed by atoms with van der Waals surface area (Å²) >= 11 is 0. The molecule has 0 aliphatic rings. The van der Waals surface area contributed by atoms with Crippen molar-refractivity contribution in [2.75, 3.05) is 40.5 Å². The number of nitrogens with zero attached hydrogens (tertiary/aromatic N) is 1. The first-order valence-electron chi connectivity index (χ1n) is 8.01. The van der Waals surface area contributed by atoms with Gasteiger partial charge in [0.05, 0.1) is 25.9 Å². The summed E-state index contributed by atoms with van der Waals surface area (Å²) in [5, 5.41) is 6.55. The molecular weight excluding hydrogens is 421 g/mol. The number of methoxy groups -OCH3 is 1. The van der Waals surface area contributed by atoms with Gasteiger partial charge in [-0.05, 0) is 38.5 Å². The summed E-state index contributed by atoms with van der Waals surface area (Å²) in [7, 11) is 3.42. The van der Waals surface area contributed by atoms with Gasteiger partial charge in [-0.2, -0.15) is 0 Å². The standard InChI is InChI=1S/C17H29N3O3.HI/c1-6-22-15-9-8-14(12-16(15)23-7-2)13(3)20-17(18-4)19-10-11-21-5;/h8-9,12-13H,6-7,10-11H2,1-5H3,(H2,18,19,20);1H. The number of hydrogen-bond acceptors (Lipinski definition) is 4. The molecule has 0 radical (unpaired) electrons. The Kier molecular flexibility index (Phi) is 12.4. The molecule has 0 saturated carbocycles. The van der Waals surface area contributed by atoms with Crippen LogP contribution < -0.4 is 20.1 Å². The summed E-state index contributed by atoms with van der Waals surface area (Å²) < 4.78 is 16.3. The maximum Gasteiger partial charge on any atom is 0.191 e. The van der Waals surface area contributed by atoms with E-state index in [0.29, 0.717) is 26.4 Å². The Hall–Kier alpha value is -1.22. The molecule has 0 amide bonds. The molecule has 6 nitrogen and oxygen atoms in total. The van der Waals surface area contributed by atoms with Crippen LogP contribution in [0.3, 0.4) is 0 Å². The van der Waals surface area contributed by atoms with Crippen molar-refractivity contribution >= 4 is 29.9 Å². The molecule has 2 N–H and O–H groups in total. The lowest BCUT2D eigenvalue weighted by Crippen LogP contribution is -2.40. The second-order valence-corrected chi connectivity index (χ2v) is 4.93. The van der Waals surface area contributed by atoms with E-state index in [1.165, 1.54) is 0 Å². The number of aliphatic imine (C=N–C) groups is 1. The Labute approximate surface area is 162 Å². The first-order valence-corrected chi connectivity index (χ1v) is 8.01. The third kappa shape index (κ3) is 7.57. The van der Waals surface area contributed by atoms with Gasteiger partial charge in [0.1, 0.15) is 0 Å². The Balaban J connectivity index is 0.00000529. The zero-order valence-corrected chi connectivity index (χ0v) is 17.5. The predicted octanol–water partition coefficient (Wildman–Crippen LogP) is 2.97. The molecule has 0 aliphatic carbocycles. The fourth-order valence-corrected chi connectivity index (χ4v) is 2.09. The van der Waals surface area contributed by atoms with E-state index >= 15 is 0 Å². The molecular formula is C17H30IN3O3. The number of nitrogens with one attached hydrogen (secondary N) is 2. The Morgan fingerprint density at radius 3 is 2.42 bits per heavy atom. The van der Waals surface area contributed by atoms with E-state index in [4.69, 9.17) is 14.2 Å². The molecule has 1 unspecified atom stereocenters. The van der Waals surface area contributed by atoms with Gasteiger partial charge in [0.25, 0.3) is 0 Å². The SMILES string of the molecule is CCOc1ccc(C(C)NC(=NC)NCCOC)cc1OCC.I. The minimum Gasteiger partial charge on any atom is -0.490 e. The minimum absolute atomic E-state index is 0. The molecule has 0 aromatic heterocycles. The van der Waals surface area contributed by atoms with Crippen LogP contribution >= 0.6 is 24.0 Å². The van der Waals surface area contributed by atoms with Crippen LogP contribution in [0, 0.1) is 0 Å². The van der Waals surface area contributed by atoms with Crippen molar-refractivity contribution < 1.29 is 14.2 Å². The number of rotatable bonds is 9. The van der Waals surface area contributed by atoms with E-state index in [1.54, 1.807) is 14.2 Å². The Bertz CT molecular complexity index is 498. The normalized spacial score (nSPS) is 12.1. The molecule has 0 aliphatic heterocycles. The average Bonchev–Trinajstić information content (AvgIpc) is 2.56. The quantitative estimate of drug-likeness (QED) is 0.262. The van der Waals surface area contributed by atoms with Gasteiger partial charge < -0.3 is 24.8 Å². The summed E-state index contributed by atoms with van der Waals surface area (Å²) in [6.45, 7) is 8.56. The lowest BCUT2D eigenvalue weighted by atomic mass is 10.1. The maximum absolute atomic E-state index is 5.68. The van der Waals surface area contributed by atoms with Crippen molar-refractivity contribution in [2.24, 2.45) is 4.99 Å². The first-order chi connectivity index (χ1) is 11.2. The zero-order chi connectivity index (χ0) is 17.1. The van der Waals surface area contributed by atoms with E-state index in [0.717, 1.165) is 23.0 Å². The number of guanidine groups is 1. The van der Waals surface area contributed by atoms with Gasteiger partial charge in [0.15, 0.2) is 17.5 Å².